The summed E-state index contributed by atoms with van der Waals surface area (Å²) in [6.45, 7) is 1.73. The monoisotopic (exact) mass is 384 g/mol. The van der Waals surface area contributed by atoms with Gasteiger partial charge >= 0.3 is 0 Å². The van der Waals surface area contributed by atoms with Gasteiger partial charge < -0.3 is 4.74 Å². The molecule has 104 valence electrons. The van der Waals surface area contributed by atoms with E-state index in [9.17, 15) is 9.59 Å². The van der Waals surface area contributed by atoms with Gasteiger partial charge in [-0.15, -0.1) is 0 Å². The molecule has 0 atom stereocenters. The molecule has 1 aromatic heterocycles. The summed E-state index contributed by atoms with van der Waals surface area (Å²) in [6, 6.07) is 6.85. The molecule has 0 unspecified atom stereocenters. The normalized spacial score (nSPS) is 10.3. The van der Waals surface area contributed by atoms with Crippen molar-refractivity contribution in [2.24, 2.45) is 0 Å². The predicted octanol–water partition coefficient (Wildman–Crippen LogP) is 2.05. The van der Waals surface area contributed by atoms with Crippen LogP contribution in [0.2, 0.25) is 0 Å². The van der Waals surface area contributed by atoms with Gasteiger partial charge in [0.1, 0.15) is 5.75 Å². The van der Waals surface area contributed by atoms with Crippen LogP contribution in [0.1, 0.15) is 16.1 Å². The Hall–Kier alpha value is -1.70. The van der Waals surface area contributed by atoms with Crippen LogP contribution in [0.3, 0.4) is 0 Å². The lowest BCUT2D eigenvalue weighted by Gasteiger charge is -2.07. The second-order valence-corrected chi connectivity index (χ2v) is 5.31. The van der Waals surface area contributed by atoms with E-state index in [0.29, 0.717) is 20.6 Å². The minimum atomic E-state index is -0.200. The first-order chi connectivity index (χ1) is 9.52. The van der Waals surface area contributed by atoms with Crippen LogP contribution >= 0.6 is 22.6 Å². The van der Waals surface area contributed by atoms with Crippen molar-refractivity contribution in [3.05, 3.63) is 55.8 Å². The molecule has 0 aliphatic carbocycles. The molecule has 1 aromatic carbocycles. The third kappa shape index (κ3) is 3.06. The highest BCUT2D eigenvalue weighted by atomic mass is 127. The maximum Gasteiger partial charge on any atom is 0.267 e. The molecule has 0 aliphatic heterocycles. The summed E-state index contributed by atoms with van der Waals surface area (Å²) in [5.41, 5.74) is 0.974. The van der Waals surface area contributed by atoms with E-state index in [4.69, 9.17) is 4.74 Å². The zero-order chi connectivity index (χ0) is 14.7. The Morgan fingerprint density at radius 1 is 1.45 bits per heavy atom. The summed E-state index contributed by atoms with van der Waals surface area (Å²) >= 11 is 1.94. The van der Waals surface area contributed by atoms with Crippen molar-refractivity contribution in [3.63, 3.8) is 0 Å². The minimum Gasteiger partial charge on any atom is -0.497 e. The van der Waals surface area contributed by atoms with Crippen molar-refractivity contribution >= 4 is 28.4 Å². The first-order valence-electron chi connectivity index (χ1n) is 5.91. The van der Waals surface area contributed by atoms with Gasteiger partial charge in [0, 0.05) is 5.56 Å². The summed E-state index contributed by atoms with van der Waals surface area (Å²) in [7, 11) is 1.54. The van der Waals surface area contributed by atoms with Gasteiger partial charge in [0.25, 0.3) is 5.56 Å². The number of carbonyl (C=O) groups excluding carboxylic acids is 1. The van der Waals surface area contributed by atoms with Crippen LogP contribution < -0.4 is 10.3 Å². The third-order valence-electron chi connectivity index (χ3n) is 2.86. The summed E-state index contributed by atoms with van der Waals surface area (Å²) < 4.78 is 6.93. The van der Waals surface area contributed by atoms with Crippen molar-refractivity contribution in [1.29, 1.82) is 0 Å². The van der Waals surface area contributed by atoms with Crippen molar-refractivity contribution < 1.29 is 9.53 Å². The molecule has 5 nitrogen and oxygen atoms in total. The molecular weight excluding hydrogens is 371 g/mol. The fraction of sp³-hybridized carbons (Fsp3) is 0.214. The number of aromatic nitrogens is 2. The number of ketones is 1. The molecule has 20 heavy (non-hydrogen) atoms. The van der Waals surface area contributed by atoms with Crippen LogP contribution in [0.25, 0.3) is 0 Å². The molecule has 2 aromatic rings. The second-order valence-electron chi connectivity index (χ2n) is 4.23. The Bertz CT molecular complexity index is 710. The topological polar surface area (TPSA) is 61.2 Å². The Labute approximate surface area is 129 Å². The van der Waals surface area contributed by atoms with E-state index in [2.05, 4.69) is 4.98 Å². The van der Waals surface area contributed by atoms with E-state index >= 15 is 0 Å². The van der Waals surface area contributed by atoms with Gasteiger partial charge in [-0.25, -0.2) is 4.98 Å². The zero-order valence-electron chi connectivity index (χ0n) is 11.1. The second kappa shape index (κ2) is 6.17. The van der Waals surface area contributed by atoms with Crippen molar-refractivity contribution in [2.45, 2.75) is 13.5 Å². The predicted molar refractivity (Wildman–Crippen MR) is 83.3 cm³/mol. The zero-order valence-corrected chi connectivity index (χ0v) is 13.2. The molecule has 0 fully saturated rings. The molecule has 2 rings (SSSR count). The van der Waals surface area contributed by atoms with Crippen LogP contribution in [0.15, 0.2) is 35.4 Å². The summed E-state index contributed by atoms with van der Waals surface area (Å²) in [5.74, 6) is 0.451. The van der Waals surface area contributed by atoms with E-state index in [0.717, 1.165) is 0 Å². The SMILES string of the molecule is COc1cccc(C(=O)Cn2cnc(C)c(I)c2=O)c1. The maximum absolute atomic E-state index is 12.2. The first kappa shape index (κ1) is 14.7. The average Bonchev–Trinajstić information content (AvgIpc) is 2.48. The quantitative estimate of drug-likeness (QED) is 0.598. The number of carbonyl (C=O) groups is 1. The number of hydrogen-bond acceptors (Lipinski definition) is 4. The lowest BCUT2D eigenvalue weighted by molar-refractivity contribution is 0.0970. The number of methoxy groups -OCH3 is 1. The Morgan fingerprint density at radius 2 is 2.20 bits per heavy atom. The van der Waals surface area contributed by atoms with Gasteiger partial charge in [-0.05, 0) is 41.6 Å². The summed E-state index contributed by atoms with van der Waals surface area (Å²) in [5, 5.41) is 0. The number of halogens is 1. The molecule has 0 amide bonds. The van der Waals surface area contributed by atoms with E-state index in [1.54, 1.807) is 38.3 Å². The highest BCUT2D eigenvalue weighted by Crippen LogP contribution is 2.13. The highest BCUT2D eigenvalue weighted by molar-refractivity contribution is 14.1. The standard InChI is InChI=1S/C14H13IN2O3/c1-9-13(15)14(19)17(8-16-9)7-12(18)10-4-3-5-11(6-10)20-2/h3-6,8H,7H2,1-2H3. The molecule has 0 N–H and O–H groups in total. The number of ether oxygens (including phenoxy) is 1. The number of hydrogen-bond donors (Lipinski definition) is 0. The Balaban J connectivity index is 2.28. The fourth-order valence-corrected chi connectivity index (χ4v) is 2.15. The van der Waals surface area contributed by atoms with Crippen LogP contribution in [0, 0.1) is 10.5 Å². The van der Waals surface area contributed by atoms with Crippen LogP contribution in [-0.2, 0) is 6.54 Å². The van der Waals surface area contributed by atoms with Gasteiger partial charge in [0.15, 0.2) is 5.78 Å². The molecule has 0 saturated carbocycles. The molecule has 0 spiro atoms. The summed E-state index contributed by atoms with van der Waals surface area (Å²) in [4.78, 5) is 28.3. The highest BCUT2D eigenvalue weighted by Gasteiger charge is 2.11. The Morgan fingerprint density at radius 3 is 2.90 bits per heavy atom. The fourth-order valence-electron chi connectivity index (χ4n) is 1.70. The molecule has 0 radical (unpaired) electrons. The summed E-state index contributed by atoms with van der Waals surface area (Å²) in [6.07, 6.45) is 1.40. The molecule has 0 bridgehead atoms. The number of Topliss-reactive ketones (excluding diaryl/α,β-unsaturated/α-hetero) is 1. The van der Waals surface area contributed by atoms with Gasteiger partial charge in [0.05, 0.1) is 29.2 Å². The number of benzene rings is 1. The van der Waals surface area contributed by atoms with Crippen LogP contribution in [-0.4, -0.2) is 22.4 Å². The Kier molecular flexibility index (Phi) is 4.53. The van der Waals surface area contributed by atoms with Crippen molar-refractivity contribution in [2.75, 3.05) is 7.11 Å². The largest absolute Gasteiger partial charge is 0.497 e. The van der Waals surface area contributed by atoms with E-state index in [1.165, 1.54) is 10.9 Å². The van der Waals surface area contributed by atoms with E-state index in [-0.39, 0.29) is 17.9 Å². The van der Waals surface area contributed by atoms with Gasteiger partial charge in [0.2, 0.25) is 0 Å². The van der Waals surface area contributed by atoms with E-state index in [1.807, 2.05) is 22.6 Å². The molecular formula is C14H13IN2O3. The third-order valence-corrected chi connectivity index (χ3v) is 4.10. The van der Waals surface area contributed by atoms with Crippen molar-refractivity contribution in [1.82, 2.24) is 9.55 Å². The maximum atomic E-state index is 12.2. The number of rotatable bonds is 4. The minimum absolute atomic E-state index is 0.0325. The molecule has 0 saturated heterocycles. The molecule has 1 heterocycles. The number of nitrogens with zero attached hydrogens (tertiary/aromatic N) is 2. The molecule has 0 aliphatic rings. The van der Waals surface area contributed by atoms with Crippen molar-refractivity contribution in [3.8, 4) is 5.75 Å². The van der Waals surface area contributed by atoms with Crippen LogP contribution in [0.5, 0.6) is 5.75 Å². The first-order valence-corrected chi connectivity index (χ1v) is 6.99. The smallest absolute Gasteiger partial charge is 0.267 e. The van der Waals surface area contributed by atoms with Gasteiger partial charge in [-0.3, -0.25) is 14.2 Å². The lowest BCUT2D eigenvalue weighted by atomic mass is 10.1. The average molecular weight is 384 g/mol. The van der Waals surface area contributed by atoms with Crippen LogP contribution in [0.4, 0.5) is 0 Å². The lowest BCUT2D eigenvalue weighted by Crippen LogP contribution is -2.27. The number of aryl methyl sites for hydroxylation is 1. The molecule has 6 heteroatoms. The van der Waals surface area contributed by atoms with Gasteiger partial charge in [-0.2, -0.15) is 0 Å². The van der Waals surface area contributed by atoms with E-state index < -0.39 is 0 Å². The van der Waals surface area contributed by atoms with Gasteiger partial charge in [-0.1, -0.05) is 12.1 Å².